The first-order valence-electron chi connectivity index (χ1n) is 8.28. The second-order valence-electron chi connectivity index (χ2n) is 6.15. The van der Waals surface area contributed by atoms with Crippen LogP contribution in [0.1, 0.15) is 10.4 Å². The zero-order valence-corrected chi connectivity index (χ0v) is 14.5. The van der Waals surface area contributed by atoms with Gasteiger partial charge < -0.3 is 10.0 Å². The van der Waals surface area contributed by atoms with E-state index in [9.17, 15) is 9.90 Å². The highest BCUT2D eigenvalue weighted by molar-refractivity contribution is 7.99. The van der Waals surface area contributed by atoms with E-state index in [4.69, 9.17) is 4.98 Å². The van der Waals surface area contributed by atoms with Gasteiger partial charge in [0.2, 0.25) is 0 Å². The Labute approximate surface area is 154 Å². The maximum absolute atomic E-state index is 12.2. The largest absolute Gasteiger partial charge is 0.478 e. The van der Waals surface area contributed by atoms with Gasteiger partial charge in [0.1, 0.15) is 0 Å². The van der Waals surface area contributed by atoms with E-state index in [1.165, 1.54) is 4.90 Å². The van der Waals surface area contributed by atoms with Crippen LogP contribution in [0, 0.1) is 0 Å². The molecule has 0 unspecified atom stereocenters. The highest BCUT2D eigenvalue weighted by atomic mass is 32.2. The maximum Gasteiger partial charge on any atom is 0.337 e. The molecule has 1 aliphatic heterocycles. The summed E-state index contributed by atoms with van der Waals surface area (Å²) in [5.74, 6) is -0.175. The van der Waals surface area contributed by atoms with Gasteiger partial charge >= 0.3 is 5.97 Å². The van der Waals surface area contributed by atoms with Gasteiger partial charge in [-0.05, 0) is 30.3 Å². The molecule has 5 heteroatoms. The van der Waals surface area contributed by atoms with Crippen molar-refractivity contribution in [2.45, 2.75) is 4.90 Å². The summed E-state index contributed by atoms with van der Waals surface area (Å²) < 4.78 is 0. The molecule has 0 radical (unpaired) electrons. The zero-order valence-electron chi connectivity index (χ0n) is 13.7. The Balaban J connectivity index is 1.88. The SMILES string of the molecule is O=C(O)c1c2ccccc2nc2cccc(N3CSc4ccccc43)c12. The quantitative estimate of drug-likeness (QED) is 0.494. The lowest BCUT2D eigenvalue weighted by Gasteiger charge is -2.22. The van der Waals surface area contributed by atoms with Gasteiger partial charge in [0.05, 0.1) is 33.8 Å². The summed E-state index contributed by atoms with van der Waals surface area (Å²) in [5, 5.41) is 11.3. The zero-order chi connectivity index (χ0) is 17.7. The first-order chi connectivity index (χ1) is 12.7. The third-order valence-corrected chi connectivity index (χ3v) is 5.74. The van der Waals surface area contributed by atoms with Crippen molar-refractivity contribution in [2.24, 2.45) is 0 Å². The standard InChI is InChI=1S/C21H14N2O2S/c24-21(25)19-13-6-1-2-7-14(13)22-15-8-5-10-17(20(15)19)23-12-26-18-11-4-3-9-16(18)23/h1-11H,12H2,(H,24,25). The van der Waals surface area contributed by atoms with Gasteiger partial charge in [-0.1, -0.05) is 36.4 Å². The predicted octanol–water partition coefficient (Wildman–Crippen LogP) is 5.29. The van der Waals surface area contributed by atoms with E-state index in [0.29, 0.717) is 27.4 Å². The molecule has 0 bridgehead atoms. The summed E-state index contributed by atoms with van der Waals surface area (Å²) in [7, 11) is 0. The first kappa shape index (κ1) is 15.2. The van der Waals surface area contributed by atoms with Crippen LogP contribution < -0.4 is 4.90 Å². The summed E-state index contributed by atoms with van der Waals surface area (Å²) in [6.45, 7) is 0. The molecule has 26 heavy (non-hydrogen) atoms. The van der Waals surface area contributed by atoms with Crippen LogP contribution in [0.3, 0.4) is 0 Å². The Morgan fingerprint density at radius 3 is 2.54 bits per heavy atom. The van der Waals surface area contributed by atoms with Crippen molar-refractivity contribution < 1.29 is 9.90 Å². The Morgan fingerprint density at radius 1 is 0.923 bits per heavy atom. The van der Waals surface area contributed by atoms with Crippen molar-refractivity contribution in [3.05, 3.63) is 72.3 Å². The normalized spacial score (nSPS) is 13.3. The average molecular weight is 358 g/mol. The van der Waals surface area contributed by atoms with Crippen LogP contribution in [0.4, 0.5) is 11.4 Å². The molecule has 2 heterocycles. The third-order valence-electron chi connectivity index (χ3n) is 4.69. The second kappa shape index (κ2) is 5.75. The summed E-state index contributed by atoms with van der Waals surface area (Å²) >= 11 is 1.76. The van der Waals surface area contributed by atoms with Crippen molar-refractivity contribution in [1.82, 2.24) is 4.98 Å². The number of hydrogen-bond donors (Lipinski definition) is 1. The van der Waals surface area contributed by atoms with E-state index in [2.05, 4.69) is 17.0 Å². The van der Waals surface area contributed by atoms with Crippen LogP contribution in [0.2, 0.25) is 0 Å². The fourth-order valence-corrected chi connectivity index (χ4v) is 4.62. The summed E-state index contributed by atoms with van der Waals surface area (Å²) in [4.78, 5) is 20.3. The number of carboxylic acid groups (broad SMARTS) is 1. The number of pyridine rings is 1. The smallest absolute Gasteiger partial charge is 0.337 e. The van der Waals surface area contributed by atoms with Crippen LogP contribution in [0.15, 0.2) is 71.6 Å². The molecule has 1 N–H and O–H groups in total. The second-order valence-corrected chi connectivity index (χ2v) is 7.14. The average Bonchev–Trinajstić information content (AvgIpc) is 3.09. The molecular formula is C21H14N2O2S. The number of aromatic carboxylic acids is 1. The van der Waals surface area contributed by atoms with Crippen LogP contribution in [-0.2, 0) is 0 Å². The van der Waals surface area contributed by atoms with E-state index in [-0.39, 0.29) is 0 Å². The predicted molar refractivity (Wildman–Crippen MR) is 106 cm³/mol. The number of anilines is 2. The number of hydrogen-bond acceptors (Lipinski definition) is 4. The van der Waals surface area contributed by atoms with Crippen LogP contribution in [-0.4, -0.2) is 21.9 Å². The molecule has 0 amide bonds. The number of para-hydroxylation sites is 2. The van der Waals surface area contributed by atoms with Gasteiger partial charge in [-0.25, -0.2) is 9.78 Å². The minimum Gasteiger partial charge on any atom is -0.478 e. The highest BCUT2D eigenvalue weighted by Crippen LogP contribution is 2.45. The molecule has 0 saturated carbocycles. The Kier molecular flexibility index (Phi) is 3.36. The molecule has 0 spiro atoms. The van der Waals surface area contributed by atoms with E-state index < -0.39 is 5.97 Å². The molecule has 5 rings (SSSR count). The van der Waals surface area contributed by atoms with Crippen LogP contribution in [0.25, 0.3) is 21.8 Å². The van der Waals surface area contributed by atoms with Gasteiger partial charge in [-0.2, -0.15) is 0 Å². The molecule has 0 atom stereocenters. The molecule has 1 aliphatic rings. The van der Waals surface area contributed by atoms with Crippen molar-refractivity contribution in [3.63, 3.8) is 0 Å². The fourth-order valence-electron chi connectivity index (χ4n) is 3.58. The summed E-state index contributed by atoms with van der Waals surface area (Å²) in [6.07, 6.45) is 0. The van der Waals surface area contributed by atoms with Crippen molar-refractivity contribution in [1.29, 1.82) is 0 Å². The highest BCUT2D eigenvalue weighted by Gasteiger charge is 2.25. The Hall–Kier alpha value is -3.05. The number of aromatic nitrogens is 1. The number of fused-ring (bicyclic) bond motifs is 3. The molecule has 0 saturated heterocycles. The lowest BCUT2D eigenvalue weighted by Crippen LogP contribution is -2.13. The third kappa shape index (κ3) is 2.17. The molecule has 4 nitrogen and oxygen atoms in total. The lowest BCUT2D eigenvalue weighted by atomic mass is 10.0. The number of nitrogens with zero attached hydrogens (tertiary/aromatic N) is 2. The van der Waals surface area contributed by atoms with E-state index in [1.54, 1.807) is 11.8 Å². The number of rotatable bonds is 2. The van der Waals surface area contributed by atoms with Gasteiger partial charge in [0, 0.05) is 15.7 Å². The fraction of sp³-hybridized carbons (Fsp3) is 0.0476. The molecule has 3 aromatic carbocycles. The van der Waals surface area contributed by atoms with Gasteiger partial charge in [0.15, 0.2) is 0 Å². The molecule has 0 aliphatic carbocycles. The van der Waals surface area contributed by atoms with Crippen molar-refractivity contribution in [2.75, 3.05) is 10.8 Å². The monoisotopic (exact) mass is 358 g/mol. The maximum atomic E-state index is 12.2. The topological polar surface area (TPSA) is 53.4 Å². The minimum atomic E-state index is -0.929. The summed E-state index contributed by atoms with van der Waals surface area (Å²) in [5.41, 5.74) is 3.71. The summed E-state index contributed by atoms with van der Waals surface area (Å²) in [6, 6.07) is 21.4. The number of carbonyl (C=O) groups is 1. The molecular weight excluding hydrogens is 344 g/mol. The number of benzene rings is 3. The van der Waals surface area contributed by atoms with Gasteiger partial charge in [-0.3, -0.25) is 0 Å². The molecule has 1 aromatic heterocycles. The number of carboxylic acids is 1. The van der Waals surface area contributed by atoms with E-state index in [0.717, 1.165) is 17.3 Å². The molecule has 0 fully saturated rings. The van der Waals surface area contributed by atoms with Crippen LogP contribution >= 0.6 is 11.8 Å². The molecule has 126 valence electrons. The minimum absolute atomic E-state index is 0.315. The van der Waals surface area contributed by atoms with Gasteiger partial charge in [-0.15, -0.1) is 11.8 Å². The van der Waals surface area contributed by atoms with E-state index in [1.807, 2.05) is 54.6 Å². The van der Waals surface area contributed by atoms with E-state index >= 15 is 0 Å². The first-order valence-corrected chi connectivity index (χ1v) is 9.27. The Bertz CT molecular complexity index is 1190. The number of thioether (sulfide) groups is 1. The van der Waals surface area contributed by atoms with Crippen molar-refractivity contribution >= 4 is 50.9 Å². The lowest BCUT2D eigenvalue weighted by molar-refractivity contribution is 0.0701. The molecule has 4 aromatic rings. The Morgan fingerprint density at radius 2 is 1.65 bits per heavy atom. The van der Waals surface area contributed by atoms with Crippen molar-refractivity contribution in [3.8, 4) is 0 Å². The van der Waals surface area contributed by atoms with Gasteiger partial charge in [0.25, 0.3) is 0 Å². The van der Waals surface area contributed by atoms with Crippen LogP contribution in [0.5, 0.6) is 0 Å².